The van der Waals surface area contributed by atoms with Crippen LogP contribution in [-0.2, 0) is 15.8 Å². The number of aliphatic hydroxyl groups is 3. The van der Waals surface area contributed by atoms with Crippen molar-refractivity contribution in [1.29, 1.82) is 0 Å². The van der Waals surface area contributed by atoms with E-state index in [4.69, 9.17) is 19.3 Å². The second kappa shape index (κ2) is 9.19. The minimum Gasteiger partial charge on any atom is -0.497 e. The van der Waals surface area contributed by atoms with Gasteiger partial charge in [0.1, 0.15) is 36.1 Å². The fraction of sp³-hybridized carbons (Fsp3) is 0.389. The summed E-state index contributed by atoms with van der Waals surface area (Å²) < 4.78 is 27.9. The molecule has 2 aromatic heterocycles. The summed E-state index contributed by atoms with van der Waals surface area (Å²) in [7, 11) is -3.34. The van der Waals surface area contributed by atoms with Crippen LogP contribution in [0.25, 0.3) is 11.2 Å². The lowest BCUT2D eigenvalue weighted by Crippen LogP contribution is -2.33. The van der Waals surface area contributed by atoms with E-state index in [1.54, 1.807) is 6.07 Å². The number of aromatic nitrogens is 4. The van der Waals surface area contributed by atoms with Gasteiger partial charge in [-0.3, -0.25) is 14.4 Å². The molecular formula is C18H22N5O9P. The number of rotatable bonds is 8. The van der Waals surface area contributed by atoms with Crippen molar-refractivity contribution in [2.75, 3.05) is 19.0 Å². The Bertz CT molecular complexity index is 1190. The van der Waals surface area contributed by atoms with Gasteiger partial charge in [0.2, 0.25) is 0 Å². The zero-order chi connectivity index (χ0) is 23.8. The SMILES string of the molecule is COc1cc(CNc2ncnc3c2ncn3[C@@H]2O[C@H](CO)[C@@H](O)[C@H]2O)cc(OP(=O)(O)O)c1. The molecule has 0 bridgehead atoms. The van der Waals surface area contributed by atoms with E-state index in [0.29, 0.717) is 28.3 Å². The summed E-state index contributed by atoms with van der Waals surface area (Å²) >= 11 is 0. The number of imidazole rings is 1. The zero-order valence-corrected chi connectivity index (χ0v) is 18.1. The zero-order valence-electron chi connectivity index (χ0n) is 17.2. The molecule has 4 rings (SSSR count). The molecule has 3 aromatic rings. The number of benzene rings is 1. The average molecular weight is 483 g/mol. The summed E-state index contributed by atoms with van der Waals surface area (Å²) in [6.45, 7) is -0.293. The number of nitrogens with zero attached hydrogens (tertiary/aromatic N) is 4. The van der Waals surface area contributed by atoms with Crippen LogP contribution in [0.2, 0.25) is 0 Å². The first kappa shape index (κ1) is 23.3. The molecule has 4 atom stereocenters. The van der Waals surface area contributed by atoms with Crippen molar-refractivity contribution >= 4 is 24.8 Å². The molecule has 1 aliphatic heterocycles. The molecule has 0 saturated carbocycles. The van der Waals surface area contributed by atoms with Crippen LogP contribution in [-0.4, -0.2) is 76.7 Å². The molecule has 1 aliphatic rings. The number of fused-ring (bicyclic) bond motifs is 1. The second-order valence-corrected chi connectivity index (χ2v) is 8.39. The number of ether oxygens (including phenoxy) is 2. The molecule has 6 N–H and O–H groups in total. The number of hydrogen-bond donors (Lipinski definition) is 6. The smallest absolute Gasteiger partial charge is 0.497 e. The Kier molecular flexibility index (Phi) is 6.50. The fourth-order valence-corrected chi connectivity index (χ4v) is 3.88. The predicted molar refractivity (Wildman–Crippen MR) is 111 cm³/mol. The molecule has 0 amide bonds. The van der Waals surface area contributed by atoms with Crippen molar-refractivity contribution in [3.8, 4) is 11.5 Å². The van der Waals surface area contributed by atoms with E-state index >= 15 is 0 Å². The number of phosphoric acid groups is 1. The van der Waals surface area contributed by atoms with Crippen LogP contribution in [0.15, 0.2) is 30.9 Å². The normalized spacial score (nSPS) is 23.1. The van der Waals surface area contributed by atoms with E-state index in [-0.39, 0.29) is 12.3 Å². The standard InChI is InChI=1S/C18H22N5O9P/c1-30-10-2-9(3-11(4-10)32-33(27,28)29)5-19-16-13-17(21-7-20-16)23(8-22-13)18-15(26)14(25)12(6-24)31-18/h2-4,7-8,12,14-15,18,24-26H,5-6H2,1H3,(H,19,20,21)(H2,27,28,29)/t12-,14-,15-,18-/m1/s1. The number of phosphoric ester groups is 1. The van der Waals surface area contributed by atoms with Crippen LogP contribution in [0.4, 0.5) is 5.82 Å². The maximum Gasteiger partial charge on any atom is 0.524 e. The van der Waals surface area contributed by atoms with Gasteiger partial charge in [-0.25, -0.2) is 19.5 Å². The van der Waals surface area contributed by atoms with E-state index in [0.717, 1.165) is 0 Å². The van der Waals surface area contributed by atoms with E-state index in [9.17, 15) is 19.9 Å². The summed E-state index contributed by atoms with van der Waals surface area (Å²) in [6, 6.07) is 4.43. The summed E-state index contributed by atoms with van der Waals surface area (Å²) in [5.74, 6) is 0.603. The maximum atomic E-state index is 11.2. The third kappa shape index (κ3) is 4.91. The van der Waals surface area contributed by atoms with Crippen molar-refractivity contribution < 1.29 is 43.7 Å². The summed E-state index contributed by atoms with van der Waals surface area (Å²) in [5, 5.41) is 32.7. The molecule has 1 aromatic carbocycles. The van der Waals surface area contributed by atoms with Crippen LogP contribution >= 0.6 is 7.82 Å². The van der Waals surface area contributed by atoms with Crippen molar-refractivity contribution in [2.45, 2.75) is 31.1 Å². The fourth-order valence-electron chi connectivity index (χ4n) is 3.50. The second-order valence-electron chi connectivity index (χ2n) is 7.23. The maximum absolute atomic E-state index is 11.2. The third-order valence-electron chi connectivity index (χ3n) is 5.01. The Balaban J connectivity index is 1.57. The third-order valence-corrected chi connectivity index (χ3v) is 5.46. The number of methoxy groups -OCH3 is 1. The molecule has 1 saturated heterocycles. The van der Waals surface area contributed by atoms with Crippen molar-refractivity contribution in [1.82, 2.24) is 19.5 Å². The van der Waals surface area contributed by atoms with E-state index < -0.39 is 39.0 Å². The van der Waals surface area contributed by atoms with Gasteiger partial charge in [-0.2, -0.15) is 0 Å². The number of hydrogen-bond acceptors (Lipinski definition) is 11. The highest BCUT2D eigenvalue weighted by Crippen LogP contribution is 2.39. The van der Waals surface area contributed by atoms with Gasteiger partial charge in [0, 0.05) is 12.6 Å². The first-order valence-corrected chi connectivity index (χ1v) is 11.2. The molecule has 33 heavy (non-hydrogen) atoms. The first-order valence-electron chi connectivity index (χ1n) is 9.67. The van der Waals surface area contributed by atoms with Gasteiger partial charge in [0.15, 0.2) is 23.2 Å². The summed E-state index contributed by atoms with van der Waals surface area (Å²) in [6.07, 6.45) is -1.86. The van der Waals surface area contributed by atoms with Gasteiger partial charge in [0.25, 0.3) is 0 Å². The molecule has 178 valence electrons. The molecule has 0 radical (unpaired) electrons. The minimum absolute atomic E-state index is 0.0686. The Hall–Kier alpha value is -2.84. The lowest BCUT2D eigenvalue weighted by atomic mass is 10.1. The predicted octanol–water partition coefficient (Wildman–Crippen LogP) is -0.470. The lowest BCUT2D eigenvalue weighted by molar-refractivity contribution is -0.0511. The van der Waals surface area contributed by atoms with E-state index in [2.05, 4.69) is 24.8 Å². The van der Waals surface area contributed by atoms with E-state index in [1.807, 2.05) is 0 Å². The topological polar surface area (TPSA) is 202 Å². The Morgan fingerprint density at radius 2 is 1.91 bits per heavy atom. The summed E-state index contributed by atoms with van der Waals surface area (Å²) in [4.78, 5) is 30.7. The van der Waals surface area contributed by atoms with Gasteiger partial charge in [-0.15, -0.1) is 0 Å². The minimum atomic E-state index is -4.75. The molecule has 1 fully saturated rings. The van der Waals surface area contributed by atoms with Gasteiger partial charge in [0.05, 0.1) is 20.0 Å². The molecular weight excluding hydrogens is 461 g/mol. The molecule has 3 heterocycles. The number of aliphatic hydroxyl groups excluding tert-OH is 3. The molecule has 0 unspecified atom stereocenters. The van der Waals surface area contributed by atoms with Crippen LogP contribution in [0.5, 0.6) is 11.5 Å². The van der Waals surface area contributed by atoms with E-state index in [1.165, 1.54) is 36.5 Å². The number of anilines is 1. The van der Waals surface area contributed by atoms with Crippen LogP contribution < -0.4 is 14.6 Å². The lowest BCUT2D eigenvalue weighted by Gasteiger charge is -2.16. The first-order chi connectivity index (χ1) is 15.7. The highest BCUT2D eigenvalue weighted by atomic mass is 31.2. The molecule has 15 heteroatoms. The van der Waals surface area contributed by atoms with Gasteiger partial charge in [-0.1, -0.05) is 0 Å². The Morgan fingerprint density at radius 1 is 1.15 bits per heavy atom. The summed E-state index contributed by atoms with van der Waals surface area (Å²) in [5.41, 5.74) is 1.25. The Labute approximate surface area is 186 Å². The highest BCUT2D eigenvalue weighted by molar-refractivity contribution is 7.46. The highest BCUT2D eigenvalue weighted by Gasteiger charge is 2.44. The molecule has 14 nitrogen and oxygen atoms in total. The monoisotopic (exact) mass is 483 g/mol. The Morgan fingerprint density at radius 3 is 2.58 bits per heavy atom. The van der Waals surface area contributed by atoms with Crippen molar-refractivity contribution in [3.63, 3.8) is 0 Å². The van der Waals surface area contributed by atoms with Gasteiger partial charge in [-0.05, 0) is 17.7 Å². The molecule has 0 spiro atoms. The van der Waals surface area contributed by atoms with Crippen LogP contribution in [0.3, 0.4) is 0 Å². The average Bonchev–Trinajstić information content (AvgIpc) is 3.32. The molecule has 0 aliphatic carbocycles. The quantitative estimate of drug-likeness (QED) is 0.225. The van der Waals surface area contributed by atoms with Gasteiger partial charge < -0.3 is 34.6 Å². The van der Waals surface area contributed by atoms with Crippen LogP contribution in [0, 0.1) is 0 Å². The van der Waals surface area contributed by atoms with Gasteiger partial charge >= 0.3 is 7.82 Å². The largest absolute Gasteiger partial charge is 0.524 e. The van der Waals surface area contributed by atoms with Crippen molar-refractivity contribution in [3.05, 3.63) is 36.4 Å². The van der Waals surface area contributed by atoms with Crippen molar-refractivity contribution in [2.24, 2.45) is 0 Å². The number of nitrogens with one attached hydrogen (secondary N) is 1. The van der Waals surface area contributed by atoms with Crippen LogP contribution in [0.1, 0.15) is 11.8 Å².